The van der Waals surface area contributed by atoms with Crippen LogP contribution in [0, 0.1) is 17.3 Å². The van der Waals surface area contributed by atoms with Crippen molar-refractivity contribution in [3.8, 4) is 11.5 Å². The van der Waals surface area contributed by atoms with Gasteiger partial charge in [-0.15, -0.1) is 0 Å². The number of aliphatic carboxylic acids is 1. The van der Waals surface area contributed by atoms with Gasteiger partial charge in [-0.3, -0.25) is 9.59 Å². The van der Waals surface area contributed by atoms with Gasteiger partial charge in [0.1, 0.15) is 0 Å². The largest absolute Gasteiger partial charge is 0.493 e. The van der Waals surface area contributed by atoms with Crippen molar-refractivity contribution in [2.45, 2.75) is 27.3 Å². The Morgan fingerprint density at radius 1 is 1.26 bits per heavy atom. The van der Waals surface area contributed by atoms with Gasteiger partial charge in [0.2, 0.25) is 5.91 Å². The van der Waals surface area contributed by atoms with Gasteiger partial charge in [0.15, 0.2) is 11.5 Å². The van der Waals surface area contributed by atoms with Gasteiger partial charge in [0, 0.05) is 6.54 Å². The lowest BCUT2D eigenvalue weighted by atomic mass is 10.1. The zero-order valence-corrected chi connectivity index (χ0v) is 13.9. The third kappa shape index (κ3) is 3.41. The molecule has 1 saturated carbocycles. The van der Waals surface area contributed by atoms with Crippen LogP contribution in [-0.4, -0.2) is 30.7 Å². The van der Waals surface area contributed by atoms with E-state index in [2.05, 4.69) is 5.32 Å². The molecule has 6 nitrogen and oxygen atoms in total. The average Bonchev–Trinajstić information content (AvgIpc) is 3.09. The quantitative estimate of drug-likeness (QED) is 0.803. The number of benzene rings is 1. The molecule has 1 amide bonds. The number of ether oxygens (including phenoxy) is 2. The highest BCUT2D eigenvalue weighted by molar-refractivity contribution is 5.91. The Labute approximate surface area is 135 Å². The summed E-state index contributed by atoms with van der Waals surface area (Å²) in [5, 5.41) is 11.9. The van der Waals surface area contributed by atoms with Crippen LogP contribution in [0.25, 0.3) is 0 Å². The Morgan fingerprint density at radius 2 is 1.96 bits per heavy atom. The summed E-state index contributed by atoms with van der Waals surface area (Å²) < 4.78 is 10.7. The number of hydrogen-bond donors (Lipinski definition) is 2. The fourth-order valence-electron chi connectivity index (χ4n) is 2.98. The zero-order chi connectivity index (χ0) is 17.2. The summed E-state index contributed by atoms with van der Waals surface area (Å²) >= 11 is 0. The predicted octanol–water partition coefficient (Wildman–Crippen LogP) is 2.07. The Hall–Kier alpha value is -2.24. The van der Waals surface area contributed by atoms with Crippen LogP contribution in [-0.2, 0) is 16.1 Å². The SMILES string of the molecule is CCOc1ccc(CNC(=O)[C@@H]2[C@H](C(=O)O)C2(C)C)cc1OC. The molecule has 0 aromatic heterocycles. The first-order chi connectivity index (χ1) is 10.8. The lowest BCUT2D eigenvalue weighted by Gasteiger charge is -2.12. The number of methoxy groups -OCH3 is 1. The summed E-state index contributed by atoms with van der Waals surface area (Å²) in [6.45, 7) is 6.36. The molecule has 0 bridgehead atoms. The minimum atomic E-state index is -0.919. The van der Waals surface area contributed by atoms with Gasteiger partial charge in [-0.1, -0.05) is 19.9 Å². The van der Waals surface area contributed by atoms with Crippen molar-refractivity contribution in [3.05, 3.63) is 23.8 Å². The summed E-state index contributed by atoms with van der Waals surface area (Å²) in [6, 6.07) is 5.45. The normalized spacial score (nSPS) is 21.4. The Morgan fingerprint density at radius 3 is 2.48 bits per heavy atom. The van der Waals surface area contributed by atoms with Crippen LogP contribution in [0.3, 0.4) is 0 Å². The van der Waals surface area contributed by atoms with Crippen LogP contribution >= 0.6 is 0 Å². The lowest BCUT2D eigenvalue weighted by Crippen LogP contribution is -2.26. The summed E-state index contributed by atoms with van der Waals surface area (Å²) in [6.07, 6.45) is 0. The molecule has 0 spiro atoms. The molecule has 1 aromatic carbocycles. The third-order valence-electron chi connectivity index (χ3n) is 4.37. The van der Waals surface area contributed by atoms with E-state index in [1.807, 2.05) is 13.0 Å². The number of carboxylic acids is 1. The highest BCUT2D eigenvalue weighted by Gasteiger charge is 2.65. The maximum Gasteiger partial charge on any atom is 0.307 e. The van der Waals surface area contributed by atoms with E-state index >= 15 is 0 Å². The number of carbonyl (C=O) groups excluding carboxylic acids is 1. The molecule has 23 heavy (non-hydrogen) atoms. The Balaban J connectivity index is 1.99. The van der Waals surface area contributed by atoms with E-state index in [9.17, 15) is 9.59 Å². The molecule has 1 fully saturated rings. The second-order valence-corrected chi connectivity index (χ2v) is 6.25. The van der Waals surface area contributed by atoms with E-state index in [1.54, 1.807) is 33.1 Å². The molecule has 0 aliphatic heterocycles. The monoisotopic (exact) mass is 321 g/mol. The van der Waals surface area contributed by atoms with E-state index in [4.69, 9.17) is 14.6 Å². The minimum absolute atomic E-state index is 0.227. The fourth-order valence-corrected chi connectivity index (χ4v) is 2.98. The maximum atomic E-state index is 12.2. The molecular weight excluding hydrogens is 298 g/mol. The van der Waals surface area contributed by atoms with Gasteiger partial charge in [-0.25, -0.2) is 0 Å². The molecule has 0 unspecified atom stereocenters. The zero-order valence-electron chi connectivity index (χ0n) is 13.9. The van der Waals surface area contributed by atoms with Crippen LogP contribution in [0.4, 0.5) is 0 Å². The van der Waals surface area contributed by atoms with Crippen molar-refractivity contribution >= 4 is 11.9 Å². The van der Waals surface area contributed by atoms with Crippen LogP contribution in [0.5, 0.6) is 11.5 Å². The molecule has 0 saturated heterocycles. The molecule has 126 valence electrons. The molecule has 2 rings (SSSR count). The van der Waals surface area contributed by atoms with Gasteiger partial charge >= 0.3 is 5.97 Å². The molecular formula is C17H23NO5. The smallest absolute Gasteiger partial charge is 0.307 e. The second-order valence-electron chi connectivity index (χ2n) is 6.25. The topological polar surface area (TPSA) is 84.9 Å². The number of amides is 1. The molecule has 2 N–H and O–H groups in total. The van der Waals surface area contributed by atoms with Gasteiger partial charge in [-0.2, -0.15) is 0 Å². The third-order valence-corrected chi connectivity index (χ3v) is 4.37. The minimum Gasteiger partial charge on any atom is -0.493 e. The van der Waals surface area contributed by atoms with Crippen molar-refractivity contribution in [2.24, 2.45) is 17.3 Å². The number of carboxylic acid groups (broad SMARTS) is 1. The molecule has 1 aromatic rings. The van der Waals surface area contributed by atoms with E-state index < -0.39 is 23.2 Å². The van der Waals surface area contributed by atoms with E-state index in [0.29, 0.717) is 24.7 Å². The van der Waals surface area contributed by atoms with Gasteiger partial charge in [0.25, 0.3) is 0 Å². The summed E-state index contributed by atoms with van der Waals surface area (Å²) in [5.74, 6) is -0.983. The van der Waals surface area contributed by atoms with Crippen molar-refractivity contribution in [1.82, 2.24) is 5.32 Å². The molecule has 0 radical (unpaired) electrons. The number of nitrogens with one attached hydrogen (secondary N) is 1. The van der Waals surface area contributed by atoms with Gasteiger partial charge in [0.05, 0.1) is 25.6 Å². The summed E-state index contributed by atoms with van der Waals surface area (Å²) in [4.78, 5) is 23.3. The average molecular weight is 321 g/mol. The molecule has 1 aliphatic carbocycles. The Bertz CT molecular complexity index is 611. The molecule has 6 heteroatoms. The molecule has 0 heterocycles. The summed E-state index contributed by atoms with van der Waals surface area (Å²) in [7, 11) is 1.56. The van der Waals surface area contributed by atoms with Crippen LogP contribution in [0.15, 0.2) is 18.2 Å². The highest BCUT2D eigenvalue weighted by Crippen LogP contribution is 2.58. The van der Waals surface area contributed by atoms with E-state index in [-0.39, 0.29) is 5.91 Å². The summed E-state index contributed by atoms with van der Waals surface area (Å²) in [5.41, 5.74) is 0.371. The lowest BCUT2D eigenvalue weighted by molar-refractivity contribution is -0.140. The van der Waals surface area contributed by atoms with Crippen molar-refractivity contribution in [1.29, 1.82) is 0 Å². The maximum absolute atomic E-state index is 12.2. The number of hydrogen-bond acceptors (Lipinski definition) is 4. The molecule has 2 atom stereocenters. The highest BCUT2D eigenvalue weighted by atomic mass is 16.5. The Kier molecular flexibility index (Phi) is 4.82. The van der Waals surface area contributed by atoms with Crippen molar-refractivity contribution < 1.29 is 24.2 Å². The van der Waals surface area contributed by atoms with Crippen LogP contribution < -0.4 is 14.8 Å². The first kappa shape index (κ1) is 17.1. The van der Waals surface area contributed by atoms with Gasteiger partial charge in [-0.05, 0) is 30.0 Å². The second kappa shape index (κ2) is 6.48. The number of carbonyl (C=O) groups is 2. The first-order valence-corrected chi connectivity index (χ1v) is 7.63. The first-order valence-electron chi connectivity index (χ1n) is 7.63. The molecule has 1 aliphatic rings. The number of rotatable bonds is 7. The van der Waals surface area contributed by atoms with Crippen molar-refractivity contribution in [3.63, 3.8) is 0 Å². The van der Waals surface area contributed by atoms with Gasteiger partial charge < -0.3 is 19.9 Å². The predicted molar refractivity (Wildman–Crippen MR) is 84.4 cm³/mol. The van der Waals surface area contributed by atoms with Crippen molar-refractivity contribution in [2.75, 3.05) is 13.7 Å². The standard InChI is InChI=1S/C17H23NO5/c1-5-23-11-7-6-10(8-12(11)22-4)9-18-15(19)13-14(16(20)21)17(13,2)3/h6-8,13-14H,5,9H2,1-4H3,(H,18,19)(H,20,21)/t13-,14+/m0/s1. The van der Waals surface area contributed by atoms with E-state index in [0.717, 1.165) is 5.56 Å². The van der Waals surface area contributed by atoms with Crippen LogP contribution in [0.2, 0.25) is 0 Å². The van der Waals surface area contributed by atoms with Crippen LogP contribution in [0.1, 0.15) is 26.3 Å². The van der Waals surface area contributed by atoms with E-state index in [1.165, 1.54) is 0 Å². The fraction of sp³-hybridized carbons (Fsp3) is 0.529.